The lowest BCUT2D eigenvalue weighted by atomic mass is 10.3. The maximum absolute atomic E-state index is 6.05. The fraction of sp³-hybridized carbons (Fsp3) is 0.294. The van der Waals surface area contributed by atoms with Crippen molar-refractivity contribution in [1.82, 2.24) is 29.7 Å². The molecule has 1 aliphatic rings. The van der Waals surface area contributed by atoms with E-state index in [2.05, 4.69) is 25.2 Å². The third kappa shape index (κ3) is 3.62. The van der Waals surface area contributed by atoms with E-state index in [1.54, 1.807) is 9.36 Å². The van der Waals surface area contributed by atoms with Crippen molar-refractivity contribution < 1.29 is 0 Å². The molecule has 0 unspecified atom stereocenters. The zero-order valence-electron chi connectivity index (χ0n) is 14.1. The van der Waals surface area contributed by atoms with Gasteiger partial charge in [0.25, 0.3) is 0 Å². The highest BCUT2D eigenvalue weighted by atomic mass is 35.5. The van der Waals surface area contributed by atoms with Gasteiger partial charge in [0, 0.05) is 49.3 Å². The third-order valence-corrected chi connectivity index (χ3v) is 5.05. The molecule has 0 N–H and O–H groups in total. The second-order valence-corrected chi connectivity index (χ2v) is 6.91. The summed E-state index contributed by atoms with van der Waals surface area (Å²) in [5, 5.41) is 9.03. The first-order valence-electron chi connectivity index (χ1n) is 8.37. The van der Waals surface area contributed by atoms with Gasteiger partial charge >= 0.3 is 0 Å². The van der Waals surface area contributed by atoms with E-state index in [1.165, 1.54) is 5.69 Å². The van der Waals surface area contributed by atoms with E-state index in [0.717, 1.165) is 31.9 Å². The Balaban J connectivity index is 1.42. The van der Waals surface area contributed by atoms with Crippen LogP contribution in [0.2, 0.25) is 5.02 Å². The molecule has 0 spiro atoms. The molecule has 1 aromatic carbocycles. The van der Waals surface area contributed by atoms with Crippen molar-refractivity contribution in [2.75, 3.05) is 31.1 Å². The molecule has 9 heteroatoms. The molecule has 1 saturated heterocycles. The topological polar surface area (TPSA) is 55.0 Å². The van der Waals surface area contributed by atoms with E-state index < -0.39 is 0 Å². The van der Waals surface area contributed by atoms with E-state index in [-0.39, 0.29) is 0 Å². The molecule has 0 aliphatic carbocycles. The lowest BCUT2D eigenvalue weighted by molar-refractivity contribution is 0.193. The Morgan fingerprint density at radius 1 is 0.962 bits per heavy atom. The molecular weight excluding hydrogens is 370 g/mol. The summed E-state index contributed by atoms with van der Waals surface area (Å²) in [6.45, 7) is 4.42. The molecule has 1 aliphatic heterocycles. The summed E-state index contributed by atoms with van der Waals surface area (Å²) in [6.07, 6.45) is 3.66. The number of piperazine rings is 1. The number of benzene rings is 1. The second-order valence-electron chi connectivity index (χ2n) is 6.10. The van der Waals surface area contributed by atoms with Crippen molar-refractivity contribution in [3.05, 3.63) is 58.6 Å². The number of pyridine rings is 1. The monoisotopic (exact) mass is 387 g/mol. The Bertz CT molecular complexity index is 932. The first kappa shape index (κ1) is 17.1. The van der Waals surface area contributed by atoms with Crippen LogP contribution < -0.4 is 4.90 Å². The number of rotatable bonds is 4. The van der Waals surface area contributed by atoms with Crippen LogP contribution in [0.4, 0.5) is 5.69 Å². The standard InChI is InChI=1S/C17H18ClN7S/c18-14-2-1-3-16(12-14)25-17(26)24(20-21-25)13-22-8-10-23(11-9-22)15-4-6-19-7-5-15/h1-7,12H,8-11,13H2. The number of nitrogens with zero attached hydrogens (tertiary/aromatic N) is 7. The van der Waals surface area contributed by atoms with Crippen LogP contribution in [0.25, 0.3) is 5.69 Å². The molecule has 0 amide bonds. The predicted octanol–water partition coefficient (Wildman–Crippen LogP) is 2.63. The summed E-state index contributed by atoms with van der Waals surface area (Å²) < 4.78 is 3.94. The summed E-state index contributed by atoms with van der Waals surface area (Å²) in [5.74, 6) is 0. The average Bonchev–Trinajstić information content (AvgIpc) is 3.03. The SMILES string of the molecule is S=c1n(CN2CCN(c3ccncc3)CC2)nnn1-c1cccc(Cl)c1. The Morgan fingerprint density at radius 2 is 1.73 bits per heavy atom. The number of anilines is 1. The first-order valence-corrected chi connectivity index (χ1v) is 9.15. The van der Waals surface area contributed by atoms with Gasteiger partial charge in [-0.25, -0.2) is 4.68 Å². The highest BCUT2D eigenvalue weighted by molar-refractivity contribution is 7.71. The second kappa shape index (κ2) is 7.53. The lowest BCUT2D eigenvalue weighted by Crippen LogP contribution is -2.47. The van der Waals surface area contributed by atoms with E-state index in [4.69, 9.17) is 23.8 Å². The van der Waals surface area contributed by atoms with Gasteiger partial charge in [-0.2, -0.15) is 4.68 Å². The van der Waals surface area contributed by atoms with Gasteiger partial charge in [0.1, 0.15) is 0 Å². The van der Waals surface area contributed by atoms with Crippen molar-refractivity contribution in [2.24, 2.45) is 0 Å². The van der Waals surface area contributed by atoms with Gasteiger partial charge in [-0.1, -0.05) is 17.7 Å². The summed E-state index contributed by atoms with van der Waals surface area (Å²) in [7, 11) is 0. The molecule has 4 rings (SSSR count). The van der Waals surface area contributed by atoms with Gasteiger partial charge in [-0.3, -0.25) is 9.88 Å². The maximum atomic E-state index is 6.05. The van der Waals surface area contributed by atoms with Gasteiger partial charge in [0.15, 0.2) is 0 Å². The van der Waals surface area contributed by atoms with Crippen molar-refractivity contribution in [2.45, 2.75) is 6.67 Å². The van der Waals surface area contributed by atoms with Crippen molar-refractivity contribution in [3.8, 4) is 5.69 Å². The van der Waals surface area contributed by atoms with Crippen LogP contribution in [0.15, 0.2) is 48.8 Å². The van der Waals surface area contributed by atoms with Crippen LogP contribution in [0.1, 0.15) is 0 Å². The number of aromatic nitrogens is 5. The highest BCUT2D eigenvalue weighted by Crippen LogP contribution is 2.16. The highest BCUT2D eigenvalue weighted by Gasteiger charge is 2.18. The Hall–Kier alpha value is -2.29. The van der Waals surface area contributed by atoms with Crippen LogP contribution in [0.5, 0.6) is 0 Å². The molecule has 0 bridgehead atoms. The molecule has 0 atom stereocenters. The largest absolute Gasteiger partial charge is 0.369 e. The molecule has 0 saturated carbocycles. The zero-order chi connectivity index (χ0) is 17.9. The van der Waals surface area contributed by atoms with Crippen LogP contribution >= 0.6 is 23.8 Å². The number of hydrogen-bond donors (Lipinski definition) is 0. The van der Waals surface area contributed by atoms with E-state index >= 15 is 0 Å². The molecule has 1 fully saturated rings. The summed E-state index contributed by atoms with van der Waals surface area (Å²) in [5.41, 5.74) is 2.03. The average molecular weight is 388 g/mol. The first-order chi connectivity index (χ1) is 12.7. The maximum Gasteiger partial charge on any atom is 0.221 e. The van der Waals surface area contributed by atoms with Crippen LogP contribution in [0, 0.1) is 4.77 Å². The summed E-state index contributed by atoms with van der Waals surface area (Å²) in [4.78, 5) is 8.76. The fourth-order valence-electron chi connectivity index (χ4n) is 3.02. The minimum atomic E-state index is 0.559. The molecule has 2 aromatic heterocycles. The minimum absolute atomic E-state index is 0.559. The van der Waals surface area contributed by atoms with E-state index in [1.807, 2.05) is 48.8 Å². The van der Waals surface area contributed by atoms with Gasteiger partial charge in [0.2, 0.25) is 4.77 Å². The minimum Gasteiger partial charge on any atom is -0.369 e. The quantitative estimate of drug-likeness (QED) is 0.641. The van der Waals surface area contributed by atoms with E-state index in [9.17, 15) is 0 Å². The van der Waals surface area contributed by atoms with Gasteiger partial charge < -0.3 is 4.90 Å². The normalized spacial score (nSPS) is 15.3. The predicted molar refractivity (Wildman–Crippen MR) is 103 cm³/mol. The molecule has 26 heavy (non-hydrogen) atoms. The molecule has 3 aromatic rings. The van der Waals surface area contributed by atoms with Gasteiger partial charge in [-0.15, -0.1) is 0 Å². The molecular formula is C17H18ClN7S. The number of tetrazole rings is 1. The van der Waals surface area contributed by atoms with E-state index in [0.29, 0.717) is 16.5 Å². The smallest absolute Gasteiger partial charge is 0.221 e. The van der Waals surface area contributed by atoms with Crippen molar-refractivity contribution >= 4 is 29.5 Å². The number of halogens is 1. The zero-order valence-corrected chi connectivity index (χ0v) is 15.6. The Kier molecular flexibility index (Phi) is 4.96. The molecule has 3 heterocycles. The molecule has 7 nitrogen and oxygen atoms in total. The van der Waals surface area contributed by atoms with Crippen molar-refractivity contribution in [1.29, 1.82) is 0 Å². The summed E-state index contributed by atoms with van der Waals surface area (Å²) in [6, 6.07) is 11.5. The fourth-order valence-corrected chi connectivity index (χ4v) is 3.45. The van der Waals surface area contributed by atoms with Crippen LogP contribution in [-0.2, 0) is 6.67 Å². The van der Waals surface area contributed by atoms with Crippen LogP contribution in [0.3, 0.4) is 0 Å². The molecule has 0 radical (unpaired) electrons. The summed E-state index contributed by atoms with van der Waals surface area (Å²) >= 11 is 11.6. The van der Waals surface area contributed by atoms with Crippen molar-refractivity contribution in [3.63, 3.8) is 0 Å². The number of hydrogen-bond acceptors (Lipinski definition) is 6. The van der Waals surface area contributed by atoms with Gasteiger partial charge in [0.05, 0.1) is 12.4 Å². The Labute approximate surface area is 161 Å². The Morgan fingerprint density at radius 3 is 2.46 bits per heavy atom. The van der Waals surface area contributed by atoms with Gasteiger partial charge in [-0.05, 0) is 53.0 Å². The lowest BCUT2D eigenvalue weighted by Gasteiger charge is -2.35. The molecule has 134 valence electrons. The van der Waals surface area contributed by atoms with Crippen LogP contribution in [-0.4, -0.2) is 55.9 Å². The third-order valence-electron chi connectivity index (χ3n) is 4.43.